The van der Waals surface area contributed by atoms with E-state index in [0.717, 1.165) is 58.7 Å². The predicted octanol–water partition coefficient (Wildman–Crippen LogP) is 2.14. The van der Waals surface area contributed by atoms with Gasteiger partial charge in [0.05, 0.1) is 6.10 Å². The Morgan fingerprint density at radius 1 is 1.26 bits per heavy atom. The fourth-order valence-corrected chi connectivity index (χ4v) is 3.34. The molecule has 136 valence electrons. The Kier molecular flexibility index (Phi) is 10.9. The fourth-order valence-electron chi connectivity index (χ4n) is 3.34. The van der Waals surface area contributed by atoms with E-state index in [4.69, 9.17) is 9.47 Å². The standard InChI is InChI=1S/C17H32N2O3.ClH/c1-14(15-3-8-18-9-4-15)13-17(20)19-7-2-10-22-16-5-11-21-12-6-16;/h14-16,18H,2-13H2,1H3,(H,19,20);1H. The number of piperidine rings is 1. The molecule has 1 unspecified atom stereocenters. The van der Waals surface area contributed by atoms with Crippen molar-refractivity contribution in [2.24, 2.45) is 11.8 Å². The van der Waals surface area contributed by atoms with Crippen LogP contribution in [0, 0.1) is 11.8 Å². The largest absolute Gasteiger partial charge is 0.381 e. The van der Waals surface area contributed by atoms with E-state index < -0.39 is 0 Å². The Labute approximate surface area is 146 Å². The molecule has 6 heteroatoms. The first-order valence-corrected chi connectivity index (χ1v) is 8.92. The molecule has 2 N–H and O–H groups in total. The van der Waals surface area contributed by atoms with Crippen molar-refractivity contribution < 1.29 is 14.3 Å². The van der Waals surface area contributed by atoms with E-state index in [-0.39, 0.29) is 18.3 Å². The first-order chi connectivity index (χ1) is 10.8. The topological polar surface area (TPSA) is 59.6 Å². The molecular formula is C17H33ClN2O3. The summed E-state index contributed by atoms with van der Waals surface area (Å²) in [6, 6.07) is 0. The van der Waals surface area contributed by atoms with E-state index in [1.54, 1.807) is 0 Å². The summed E-state index contributed by atoms with van der Waals surface area (Å²) >= 11 is 0. The van der Waals surface area contributed by atoms with Gasteiger partial charge in [0.2, 0.25) is 5.91 Å². The summed E-state index contributed by atoms with van der Waals surface area (Å²) in [5, 5.41) is 6.41. The van der Waals surface area contributed by atoms with E-state index in [1.807, 2.05) is 0 Å². The summed E-state index contributed by atoms with van der Waals surface area (Å²) in [6.07, 6.45) is 6.31. The average molecular weight is 349 g/mol. The van der Waals surface area contributed by atoms with Crippen LogP contribution < -0.4 is 10.6 Å². The summed E-state index contributed by atoms with van der Waals surface area (Å²) in [7, 11) is 0. The molecule has 2 rings (SSSR count). The van der Waals surface area contributed by atoms with Crippen LogP contribution in [0.2, 0.25) is 0 Å². The van der Waals surface area contributed by atoms with Crippen LogP contribution in [0.5, 0.6) is 0 Å². The SMILES string of the molecule is CC(CC(=O)NCCCOC1CCOCC1)C1CCNCC1.Cl. The number of carbonyl (C=O) groups is 1. The quantitative estimate of drug-likeness (QED) is 0.660. The van der Waals surface area contributed by atoms with Crippen molar-refractivity contribution in [3.8, 4) is 0 Å². The zero-order chi connectivity index (χ0) is 15.6. The van der Waals surface area contributed by atoms with Crippen LogP contribution in [0.15, 0.2) is 0 Å². The zero-order valence-electron chi connectivity index (χ0n) is 14.4. The molecule has 0 aliphatic carbocycles. The van der Waals surface area contributed by atoms with Crippen LogP contribution in [-0.4, -0.2) is 51.5 Å². The monoisotopic (exact) mass is 348 g/mol. The van der Waals surface area contributed by atoms with Crippen LogP contribution in [-0.2, 0) is 14.3 Å². The van der Waals surface area contributed by atoms with Gasteiger partial charge in [-0.2, -0.15) is 0 Å². The maximum Gasteiger partial charge on any atom is 0.220 e. The van der Waals surface area contributed by atoms with Crippen molar-refractivity contribution in [1.29, 1.82) is 0 Å². The second-order valence-electron chi connectivity index (χ2n) is 6.65. The number of ether oxygens (including phenoxy) is 2. The Hall–Kier alpha value is -0.360. The molecule has 1 atom stereocenters. The summed E-state index contributed by atoms with van der Waals surface area (Å²) in [4.78, 5) is 12.0. The molecule has 23 heavy (non-hydrogen) atoms. The second-order valence-corrected chi connectivity index (χ2v) is 6.65. The highest BCUT2D eigenvalue weighted by molar-refractivity contribution is 5.85. The number of carbonyl (C=O) groups excluding carboxylic acids is 1. The molecule has 0 aromatic carbocycles. The third-order valence-corrected chi connectivity index (χ3v) is 4.86. The van der Waals surface area contributed by atoms with Crippen molar-refractivity contribution >= 4 is 18.3 Å². The minimum atomic E-state index is 0. The number of halogens is 1. The van der Waals surface area contributed by atoms with Gasteiger partial charge in [0.15, 0.2) is 0 Å². The number of hydrogen-bond acceptors (Lipinski definition) is 4. The number of rotatable bonds is 8. The van der Waals surface area contributed by atoms with Crippen LogP contribution >= 0.6 is 12.4 Å². The average Bonchev–Trinajstić information content (AvgIpc) is 2.56. The van der Waals surface area contributed by atoms with Gasteiger partial charge < -0.3 is 20.1 Å². The fraction of sp³-hybridized carbons (Fsp3) is 0.941. The Balaban J connectivity index is 0.00000264. The molecule has 1 amide bonds. The van der Waals surface area contributed by atoms with Crippen molar-refractivity contribution in [3.05, 3.63) is 0 Å². The summed E-state index contributed by atoms with van der Waals surface area (Å²) in [5.41, 5.74) is 0. The van der Waals surface area contributed by atoms with Crippen molar-refractivity contribution in [2.75, 3.05) is 39.5 Å². The molecule has 0 aromatic heterocycles. The van der Waals surface area contributed by atoms with Crippen LogP contribution in [0.3, 0.4) is 0 Å². The van der Waals surface area contributed by atoms with E-state index in [0.29, 0.717) is 24.4 Å². The number of nitrogens with one attached hydrogen (secondary N) is 2. The van der Waals surface area contributed by atoms with Gasteiger partial charge in [-0.1, -0.05) is 6.92 Å². The first-order valence-electron chi connectivity index (χ1n) is 8.92. The lowest BCUT2D eigenvalue weighted by atomic mass is 9.84. The molecule has 2 heterocycles. The van der Waals surface area contributed by atoms with Gasteiger partial charge in [0, 0.05) is 32.8 Å². The van der Waals surface area contributed by atoms with Gasteiger partial charge in [-0.25, -0.2) is 0 Å². The molecule has 0 saturated carbocycles. The highest BCUT2D eigenvalue weighted by Crippen LogP contribution is 2.24. The van der Waals surface area contributed by atoms with Gasteiger partial charge in [-0.15, -0.1) is 12.4 Å². The molecular weight excluding hydrogens is 316 g/mol. The third kappa shape index (κ3) is 8.34. The minimum Gasteiger partial charge on any atom is -0.381 e. The zero-order valence-corrected chi connectivity index (χ0v) is 15.2. The third-order valence-electron chi connectivity index (χ3n) is 4.86. The molecule has 5 nitrogen and oxygen atoms in total. The molecule has 2 fully saturated rings. The van der Waals surface area contributed by atoms with Crippen LogP contribution in [0.1, 0.15) is 45.4 Å². The first kappa shape index (κ1) is 20.7. The summed E-state index contributed by atoms with van der Waals surface area (Å²) in [6.45, 7) is 7.49. The lowest BCUT2D eigenvalue weighted by Gasteiger charge is -2.27. The predicted molar refractivity (Wildman–Crippen MR) is 94.0 cm³/mol. The normalized spacial score (nSPS) is 21.4. The second kappa shape index (κ2) is 12.1. The number of hydrogen-bond donors (Lipinski definition) is 2. The molecule has 0 aromatic rings. The molecule has 2 aliphatic heterocycles. The van der Waals surface area contributed by atoms with E-state index >= 15 is 0 Å². The van der Waals surface area contributed by atoms with Crippen LogP contribution in [0.25, 0.3) is 0 Å². The van der Waals surface area contributed by atoms with Crippen molar-refractivity contribution in [3.63, 3.8) is 0 Å². The van der Waals surface area contributed by atoms with E-state index in [1.165, 1.54) is 12.8 Å². The van der Waals surface area contributed by atoms with Gasteiger partial charge in [-0.3, -0.25) is 4.79 Å². The Morgan fingerprint density at radius 2 is 1.96 bits per heavy atom. The minimum absolute atomic E-state index is 0. The van der Waals surface area contributed by atoms with Gasteiger partial charge >= 0.3 is 0 Å². The molecule has 2 aliphatic rings. The van der Waals surface area contributed by atoms with E-state index in [2.05, 4.69) is 17.6 Å². The summed E-state index contributed by atoms with van der Waals surface area (Å²) < 4.78 is 11.1. The Bertz CT molecular complexity index is 319. The lowest BCUT2D eigenvalue weighted by Crippen LogP contribution is -2.34. The number of amides is 1. The lowest BCUT2D eigenvalue weighted by molar-refractivity contribution is -0.122. The maximum atomic E-state index is 12.0. The van der Waals surface area contributed by atoms with Crippen molar-refractivity contribution in [1.82, 2.24) is 10.6 Å². The van der Waals surface area contributed by atoms with Gasteiger partial charge in [-0.05, 0) is 57.0 Å². The molecule has 2 saturated heterocycles. The molecule has 0 spiro atoms. The van der Waals surface area contributed by atoms with Crippen molar-refractivity contribution in [2.45, 2.75) is 51.6 Å². The van der Waals surface area contributed by atoms with E-state index in [9.17, 15) is 4.79 Å². The smallest absolute Gasteiger partial charge is 0.220 e. The molecule has 0 bridgehead atoms. The maximum absolute atomic E-state index is 12.0. The Morgan fingerprint density at radius 3 is 2.65 bits per heavy atom. The van der Waals surface area contributed by atoms with Crippen LogP contribution in [0.4, 0.5) is 0 Å². The summed E-state index contributed by atoms with van der Waals surface area (Å²) in [5.74, 6) is 1.38. The highest BCUT2D eigenvalue weighted by Gasteiger charge is 2.21. The molecule has 0 radical (unpaired) electrons. The van der Waals surface area contributed by atoms with Gasteiger partial charge in [0.1, 0.15) is 0 Å². The highest BCUT2D eigenvalue weighted by atomic mass is 35.5. The van der Waals surface area contributed by atoms with Gasteiger partial charge in [0.25, 0.3) is 0 Å².